The topological polar surface area (TPSA) is 179 Å². The Kier molecular flexibility index (Phi) is 14.5. The van der Waals surface area contributed by atoms with E-state index in [0.717, 1.165) is 29.9 Å². The van der Waals surface area contributed by atoms with Gasteiger partial charge in [0.05, 0.1) is 23.0 Å². The molecule has 270 valence electrons. The third-order valence-electron chi connectivity index (χ3n) is 8.22. The van der Waals surface area contributed by atoms with E-state index < -0.39 is 37.4 Å². The van der Waals surface area contributed by atoms with Gasteiger partial charge >= 0.3 is 35.2 Å². The van der Waals surface area contributed by atoms with Crippen molar-refractivity contribution in [3.8, 4) is 17.1 Å². The first-order valence-electron chi connectivity index (χ1n) is 16.4. The molecule has 0 radical (unpaired) electrons. The predicted molar refractivity (Wildman–Crippen MR) is 197 cm³/mol. The van der Waals surface area contributed by atoms with Gasteiger partial charge in [0.1, 0.15) is 41.5 Å². The van der Waals surface area contributed by atoms with E-state index in [1.165, 1.54) is 6.08 Å². The summed E-state index contributed by atoms with van der Waals surface area (Å²) in [6.07, 6.45) is 6.88. The molecule has 1 aromatic carbocycles. The number of benzene rings is 2. The fraction of sp³-hybridized carbons (Fsp3) is 0.389. The van der Waals surface area contributed by atoms with Crippen LogP contribution in [0.2, 0.25) is 0 Å². The summed E-state index contributed by atoms with van der Waals surface area (Å²) in [6, 6.07) is 12.7. The number of hydrogen-bond acceptors (Lipinski definition) is 9. The molecule has 51 heavy (non-hydrogen) atoms. The van der Waals surface area contributed by atoms with Gasteiger partial charge in [-0.3, -0.25) is 9.11 Å². The number of rotatable bonds is 14. The summed E-state index contributed by atoms with van der Waals surface area (Å²) < 4.78 is 77.4. The zero-order valence-electron chi connectivity index (χ0n) is 29.9. The van der Waals surface area contributed by atoms with Crippen molar-refractivity contribution >= 4 is 49.0 Å². The van der Waals surface area contributed by atoms with E-state index in [0.29, 0.717) is 27.8 Å². The van der Waals surface area contributed by atoms with E-state index in [1.54, 1.807) is 41.0 Å². The molecule has 0 bridgehead atoms. The summed E-state index contributed by atoms with van der Waals surface area (Å²) in [5.74, 6) is 0.0907. The van der Waals surface area contributed by atoms with Crippen molar-refractivity contribution in [3.63, 3.8) is 0 Å². The first kappa shape index (κ1) is 42.2. The fourth-order valence-corrected chi connectivity index (χ4v) is 6.57. The molecule has 2 aromatic rings. The van der Waals surface area contributed by atoms with Crippen LogP contribution in [0.5, 0.6) is 5.75 Å². The van der Waals surface area contributed by atoms with Crippen LogP contribution in [-0.4, -0.2) is 68.7 Å². The summed E-state index contributed by atoms with van der Waals surface area (Å²) >= 11 is 0. The normalized spacial score (nSPS) is 12.6. The Morgan fingerprint density at radius 3 is 2.02 bits per heavy atom. The van der Waals surface area contributed by atoms with Crippen LogP contribution in [0.25, 0.3) is 34.4 Å². The van der Waals surface area contributed by atoms with E-state index in [4.69, 9.17) is 8.83 Å². The Hall–Kier alpha value is -3.24. The Balaban J connectivity index is 0.00000702. The van der Waals surface area contributed by atoms with Crippen LogP contribution in [0.1, 0.15) is 64.3 Å². The summed E-state index contributed by atoms with van der Waals surface area (Å²) in [6.45, 7) is 12.0. The van der Waals surface area contributed by atoms with Gasteiger partial charge in [-0.15, -0.1) is 0 Å². The van der Waals surface area contributed by atoms with E-state index >= 15 is 0 Å². The maximum absolute atomic E-state index is 12.9. The monoisotopic (exact) mass is 752 g/mol. The first-order chi connectivity index (χ1) is 23.4. The van der Waals surface area contributed by atoms with Crippen LogP contribution in [0.4, 0.5) is 5.69 Å². The van der Waals surface area contributed by atoms with Crippen LogP contribution >= 0.6 is 0 Å². The molecule has 1 aliphatic heterocycles. The van der Waals surface area contributed by atoms with Gasteiger partial charge in [-0.25, -0.2) is 9.37 Å². The van der Waals surface area contributed by atoms with Crippen molar-refractivity contribution in [1.82, 2.24) is 4.58 Å². The fourth-order valence-electron chi connectivity index (χ4n) is 5.58. The van der Waals surface area contributed by atoms with Crippen molar-refractivity contribution in [2.45, 2.75) is 52.9 Å². The van der Waals surface area contributed by atoms with Crippen molar-refractivity contribution in [2.24, 2.45) is 0 Å². The van der Waals surface area contributed by atoms with E-state index in [-0.39, 0.29) is 72.2 Å². The summed E-state index contributed by atoms with van der Waals surface area (Å²) in [5.41, 5.74) is 1.72. The molecule has 2 heterocycles. The number of nitrogens with zero attached hydrogens (tertiary/aromatic N) is 2. The quantitative estimate of drug-likeness (QED) is 0.0567. The molecule has 0 saturated heterocycles. The van der Waals surface area contributed by atoms with E-state index in [1.807, 2.05) is 58.9 Å². The Bertz CT molecular complexity index is 2190. The molecular weight excluding hydrogens is 708 g/mol. The Morgan fingerprint density at radius 2 is 1.45 bits per heavy atom. The second kappa shape index (κ2) is 17.5. The minimum atomic E-state index is -4.19. The zero-order chi connectivity index (χ0) is 36.9. The third kappa shape index (κ3) is 11.6. The SMILES string of the molecule is CCN(CC)c1ccc2c(O)c(C=CC=Cc3cc(C(C)(C)C)oc4cc(=[N+](CCCS(=O)(=O)O)CCCS(=O)(=O)O)ccc3-4)c(=O)oc2c1.[Na+]. The minimum absolute atomic E-state index is 0. The Morgan fingerprint density at radius 1 is 0.843 bits per heavy atom. The molecule has 3 N–H and O–H groups in total. The largest absolute Gasteiger partial charge is 1.00 e. The smallest absolute Gasteiger partial charge is 0.506 e. The molecule has 0 saturated carbocycles. The summed E-state index contributed by atoms with van der Waals surface area (Å²) in [5, 5.41) is 12.0. The van der Waals surface area contributed by atoms with Gasteiger partial charge in [0.25, 0.3) is 20.2 Å². The summed E-state index contributed by atoms with van der Waals surface area (Å²) in [7, 11) is -8.38. The molecule has 1 aromatic heterocycles. The summed E-state index contributed by atoms with van der Waals surface area (Å²) in [4.78, 5) is 15.0. The van der Waals surface area contributed by atoms with E-state index in [9.17, 15) is 35.8 Å². The van der Waals surface area contributed by atoms with Gasteiger partial charge in [0.2, 0.25) is 5.36 Å². The minimum Gasteiger partial charge on any atom is -0.506 e. The average Bonchev–Trinajstić information content (AvgIpc) is 3.02. The molecule has 0 spiro atoms. The van der Waals surface area contributed by atoms with Gasteiger partial charge in [0, 0.05) is 54.7 Å². The molecule has 4 rings (SSSR count). The van der Waals surface area contributed by atoms with Crippen molar-refractivity contribution in [2.75, 3.05) is 42.6 Å². The van der Waals surface area contributed by atoms with Gasteiger partial charge in [0.15, 0.2) is 0 Å². The molecule has 12 nitrogen and oxygen atoms in total. The number of aromatic hydroxyl groups is 1. The van der Waals surface area contributed by atoms with Gasteiger partial charge < -0.3 is 18.8 Å². The van der Waals surface area contributed by atoms with Crippen molar-refractivity contribution in [3.05, 3.63) is 87.3 Å². The van der Waals surface area contributed by atoms with E-state index in [2.05, 4.69) is 4.90 Å². The zero-order valence-corrected chi connectivity index (χ0v) is 33.6. The Labute approximate surface area is 320 Å². The molecule has 0 atom stereocenters. The van der Waals surface area contributed by atoms with Crippen molar-refractivity contribution in [1.29, 1.82) is 0 Å². The molecule has 15 heteroatoms. The average molecular weight is 753 g/mol. The van der Waals surface area contributed by atoms with Crippen LogP contribution in [0.3, 0.4) is 0 Å². The maximum atomic E-state index is 12.9. The molecule has 0 fully saturated rings. The second-order valence-corrected chi connectivity index (χ2v) is 16.1. The molecule has 1 aliphatic carbocycles. The van der Waals surface area contributed by atoms with Gasteiger partial charge in [-0.1, -0.05) is 39.0 Å². The number of anilines is 1. The van der Waals surface area contributed by atoms with Crippen LogP contribution in [0, 0.1) is 0 Å². The van der Waals surface area contributed by atoms with Crippen LogP contribution < -0.4 is 50.0 Å². The van der Waals surface area contributed by atoms with Crippen molar-refractivity contribution < 1.29 is 69.4 Å². The number of fused-ring (bicyclic) bond motifs is 2. The molecular formula is C36H45N2NaO10S2+2. The maximum Gasteiger partial charge on any atom is 1.00 e. The number of allylic oxidation sites excluding steroid dienone is 2. The molecule has 2 aliphatic rings. The second-order valence-electron chi connectivity index (χ2n) is 13.0. The van der Waals surface area contributed by atoms with Crippen LogP contribution in [0.15, 0.2) is 68.2 Å². The van der Waals surface area contributed by atoms with Crippen LogP contribution in [-0.2, 0) is 25.7 Å². The molecule has 0 unspecified atom stereocenters. The standard InChI is InChI=1S/C36H44N2O10S2.Na/c1-6-37(7-2)26-15-17-29-32(23-26)48-35(40)30(34(29)39)13-9-8-12-25-22-33(36(3,4)5)47-31-24-27(14-16-28(25)31)38(18-10-20-49(41,42)43)19-11-21-50(44,45)46;/h8-9,12-17,22-24H,6-7,10-11,18-21H2,1-5H3,(H2,41,42,43,44,45,46);/q;+1/p+1. The van der Waals surface area contributed by atoms with Gasteiger partial charge in [-0.2, -0.15) is 16.8 Å². The first-order valence-corrected chi connectivity index (χ1v) is 19.6. The molecule has 0 amide bonds. The third-order valence-corrected chi connectivity index (χ3v) is 9.83. The predicted octanol–water partition coefficient (Wildman–Crippen LogP) is 2.40. The number of hydrogen-bond donors (Lipinski definition) is 3. The van der Waals surface area contributed by atoms with Gasteiger partial charge in [-0.05, 0) is 49.8 Å².